The Labute approximate surface area is 121 Å². The van der Waals surface area contributed by atoms with E-state index in [0.29, 0.717) is 19.6 Å². The molecule has 0 radical (unpaired) electrons. The predicted octanol–water partition coefficient (Wildman–Crippen LogP) is 2.78. The van der Waals surface area contributed by atoms with Gasteiger partial charge in [0.15, 0.2) is 0 Å². The zero-order valence-corrected chi connectivity index (χ0v) is 12.5. The van der Waals surface area contributed by atoms with Crippen molar-refractivity contribution in [1.82, 2.24) is 5.32 Å². The number of rotatable bonds is 9. The van der Waals surface area contributed by atoms with Crippen LogP contribution in [0.15, 0.2) is 24.3 Å². The molecule has 1 atom stereocenters. The number of amides is 1. The van der Waals surface area contributed by atoms with Crippen LogP contribution >= 0.6 is 0 Å². The Kier molecular flexibility index (Phi) is 7.73. The van der Waals surface area contributed by atoms with Crippen LogP contribution < -0.4 is 15.8 Å². The Balaban J connectivity index is 2.37. The lowest BCUT2D eigenvalue weighted by atomic mass is 10.1. The number of ether oxygens (including phenoxy) is 1. The Morgan fingerprint density at radius 1 is 1.25 bits per heavy atom. The van der Waals surface area contributed by atoms with Gasteiger partial charge in [0.25, 0.3) is 0 Å². The monoisotopic (exact) mass is 278 g/mol. The Hall–Kier alpha value is -1.55. The summed E-state index contributed by atoms with van der Waals surface area (Å²) in [6, 6.07) is 7.87. The molecule has 1 unspecified atom stereocenters. The number of unbranched alkanes of at least 4 members (excludes halogenated alkanes) is 2. The van der Waals surface area contributed by atoms with Crippen molar-refractivity contribution in [3.63, 3.8) is 0 Å². The number of carbonyl (C=O) groups excluding carboxylic acids is 1. The van der Waals surface area contributed by atoms with Crippen LogP contribution in [0.25, 0.3) is 0 Å². The summed E-state index contributed by atoms with van der Waals surface area (Å²) in [6.07, 6.45) is 3.48. The van der Waals surface area contributed by atoms with E-state index in [1.54, 1.807) is 0 Å². The molecule has 1 aromatic carbocycles. The average molecular weight is 278 g/mol. The van der Waals surface area contributed by atoms with Crippen molar-refractivity contribution in [2.45, 2.75) is 45.6 Å². The highest BCUT2D eigenvalue weighted by Gasteiger charge is 2.09. The van der Waals surface area contributed by atoms with Gasteiger partial charge >= 0.3 is 0 Å². The maximum atomic E-state index is 11.8. The van der Waals surface area contributed by atoms with E-state index < -0.39 is 0 Å². The molecule has 1 aromatic rings. The predicted molar refractivity (Wildman–Crippen MR) is 81.7 cm³/mol. The molecule has 0 fully saturated rings. The molecular formula is C16H26N2O2. The van der Waals surface area contributed by atoms with Crippen molar-refractivity contribution in [2.75, 3.05) is 13.2 Å². The molecule has 0 aliphatic rings. The number of nitrogens with one attached hydrogen (secondary N) is 1. The first-order valence-electron chi connectivity index (χ1n) is 7.39. The van der Waals surface area contributed by atoms with E-state index in [1.807, 2.05) is 38.1 Å². The van der Waals surface area contributed by atoms with Gasteiger partial charge in [-0.1, -0.05) is 18.6 Å². The van der Waals surface area contributed by atoms with Crippen molar-refractivity contribution in [1.29, 1.82) is 0 Å². The second kappa shape index (κ2) is 9.37. The van der Waals surface area contributed by atoms with E-state index in [0.717, 1.165) is 30.6 Å². The molecule has 0 aromatic heterocycles. The normalized spacial score (nSPS) is 11.9. The fraction of sp³-hybridized carbons (Fsp3) is 0.562. The van der Waals surface area contributed by atoms with Gasteiger partial charge in [0.1, 0.15) is 5.75 Å². The fourth-order valence-corrected chi connectivity index (χ4v) is 2.02. The van der Waals surface area contributed by atoms with Crippen LogP contribution in [0.2, 0.25) is 0 Å². The molecule has 112 valence electrons. The highest BCUT2D eigenvalue weighted by Crippen LogP contribution is 2.17. The molecule has 4 heteroatoms. The third-order valence-corrected chi connectivity index (χ3v) is 3.18. The second-order valence-electron chi connectivity index (χ2n) is 4.89. The SMILES string of the molecule is CCOc1ccc(C(C)NC(=O)CCCCCN)cc1. The quantitative estimate of drug-likeness (QED) is 0.683. The lowest BCUT2D eigenvalue weighted by Crippen LogP contribution is -2.26. The van der Waals surface area contributed by atoms with Crippen molar-refractivity contribution in [3.8, 4) is 5.75 Å². The van der Waals surface area contributed by atoms with Gasteiger partial charge < -0.3 is 15.8 Å². The van der Waals surface area contributed by atoms with Crippen molar-refractivity contribution < 1.29 is 9.53 Å². The first-order valence-corrected chi connectivity index (χ1v) is 7.39. The fourth-order valence-electron chi connectivity index (χ4n) is 2.02. The van der Waals surface area contributed by atoms with Gasteiger partial charge in [-0.3, -0.25) is 4.79 Å². The summed E-state index contributed by atoms with van der Waals surface area (Å²) in [5, 5.41) is 3.01. The zero-order valence-electron chi connectivity index (χ0n) is 12.5. The van der Waals surface area contributed by atoms with Crippen LogP contribution in [0.1, 0.15) is 51.1 Å². The molecule has 1 amide bonds. The van der Waals surface area contributed by atoms with Crippen LogP contribution in [-0.4, -0.2) is 19.1 Å². The van der Waals surface area contributed by atoms with E-state index in [4.69, 9.17) is 10.5 Å². The number of hydrogen-bond donors (Lipinski definition) is 2. The number of hydrogen-bond acceptors (Lipinski definition) is 3. The molecule has 20 heavy (non-hydrogen) atoms. The van der Waals surface area contributed by atoms with Crippen molar-refractivity contribution >= 4 is 5.91 Å². The van der Waals surface area contributed by atoms with E-state index in [9.17, 15) is 4.79 Å². The molecule has 4 nitrogen and oxygen atoms in total. The van der Waals surface area contributed by atoms with Gasteiger partial charge in [-0.15, -0.1) is 0 Å². The summed E-state index contributed by atoms with van der Waals surface area (Å²) in [5.74, 6) is 0.958. The second-order valence-corrected chi connectivity index (χ2v) is 4.89. The van der Waals surface area contributed by atoms with Crippen molar-refractivity contribution in [2.24, 2.45) is 5.73 Å². The smallest absolute Gasteiger partial charge is 0.220 e. The Morgan fingerprint density at radius 2 is 1.95 bits per heavy atom. The van der Waals surface area contributed by atoms with Gasteiger partial charge in [0.2, 0.25) is 5.91 Å². The first-order chi connectivity index (χ1) is 9.67. The molecule has 0 saturated carbocycles. The summed E-state index contributed by atoms with van der Waals surface area (Å²) in [6.45, 7) is 5.31. The third kappa shape index (κ3) is 6.06. The molecule has 0 bridgehead atoms. The maximum Gasteiger partial charge on any atom is 0.220 e. The van der Waals surface area contributed by atoms with Crippen LogP contribution in [0.5, 0.6) is 5.75 Å². The van der Waals surface area contributed by atoms with Crippen LogP contribution in [0.4, 0.5) is 0 Å². The largest absolute Gasteiger partial charge is 0.494 e. The van der Waals surface area contributed by atoms with Gasteiger partial charge in [0.05, 0.1) is 12.6 Å². The van der Waals surface area contributed by atoms with Gasteiger partial charge in [-0.05, 0) is 50.9 Å². The molecule has 0 heterocycles. The lowest BCUT2D eigenvalue weighted by molar-refractivity contribution is -0.121. The van der Waals surface area contributed by atoms with Gasteiger partial charge in [-0.2, -0.15) is 0 Å². The molecule has 0 aliphatic heterocycles. The summed E-state index contributed by atoms with van der Waals surface area (Å²) in [7, 11) is 0. The standard InChI is InChI=1S/C16H26N2O2/c1-3-20-15-10-8-14(9-11-15)13(2)18-16(19)7-5-4-6-12-17/h8-11,13H,3-7,12,17H2,1-2H3,(H,18,19). The minimum absolute atomic E-state index is 0.0210. The molecule has 0 saturated heterocycles. The van der Waals surface area contributed by atoms with Gasteiger partial charge in [-0.25, -0.2) is 0 Å². The van der Waals surface area contributed by atoms with E-state index >= 15 is 0 Å². The number of nitrogens with two attached hydrogens (primary N) is 1. The van der Waals surface area contributed by atoms with E-state index in [1.165, 1.54) is 0 Å². The van der Waals surface area contributed by atoms with Gasteiger partial charge in [0, 0.05) is 6.42 Å². The van der Waals surface area contributed by atoms with Crippen LogP contribution in [0.3, 0.4) is 0 Å². The summed E-state index contributed by atoms with van der Waals surface area (Å²) in [5.41, 5.74) is 6.51. The Morgan fingerprint density at radius 3 is 2.55 bits per heavy atom. The highest BCUT2D eigenvalue weighted by atomic mass is 16.5. The molecule has 0 aliphatic carbocycles. The van der Waals surface area contributed by atoms with Crippen LogP contribution in [0, 0.1) is 0 Å². The maximum absolute atomic E-state index is 11.8. The Bertz CT molecular complexity index is 390. The summed E-state index contributed by atoms with van der Waals surface area (Å²) in [4.78, 5) is 11.8. The molecule has 1 rings (SSSR count). The number of carbonyl (C=O) groups is 1. The minimum atomic E-state index is 0.0210. The summed E-state index contributed by atoms with van der Waals surface area (Å²) < 4.78 is 5.40. The minimum Gasteiger partial charge on any atom is -0.494 e. The highest BCUT2D eigenvalue weighted by molar-refractivity contribution is 5.76. The lowest BCUT2D eigenvalue weighted by Gasteiger charge is -2.15. The van der Waals surface area contributed by atoms with Crippen LogP contribution in [-0.2, 0) is 4.79 Å². The topological polar surface area (TPSA) is 64.3 Å². The van der Waals surface area contributed by atoms with Crippen molar-refractivity contribution in [3.05, 3.63) is 29.8 Å². The average Bonchev–Trinajstić information content (AvgIpc) is 2.45. The molecular weight excluding hydrogens is 252 g/mol. The molecule has 0 spiro atoms. The third-order valence-electron chi connectivity index (χ3n) is 3.18. The van der Waals surface area contributed by atoms with E-state index in [2.05, 4.69) is 5.32 Å². The molecule has 3 N–H and O–H groups in total. The number of benzene rings is 1. The summed E-state index contributed by atoms with van der Waals surface area (Å²) >= 11 is 0. The zero-order chi connectivity index (χ0) is 14.8. The van der Waals surface area contributed by atoms with E-state index in [-0.39, 0.29) is 11.9 Å². The first kappa shape index (κ1) is 16.5.